The number of aromatic nitrogens is 1. The maximum absolute atomic E-state index is 11.9. The highest BCUT2D eigenvalue weighted by Gasteiger charge is 2.21. The lowest BCUT2D eigenvalue weighted by atomic mass is 9.96. The first kappa shape index (κ1) is 15.3. The Morgan fingerprint density at radius 3 is 2.63 bits per heavy atom. The van der Waals surface area contributed by atoms with Crippen molar-refractivity contribution in [3.05, 3.63) is 17.8 Å². The second-order valence-corrected chi connectivity index (χ2v) is 5.78. The molecular formula is C14H23N3O2. The van der Waals surface area contributed by atoms with Crippen LogP contribution in [0, 0.1) is 5.41 Å². The number of rotatable bonds is 4. The molecule has 5 nitrogen and oxygen atoms in total. The smallest absolute Gasteiger partial charge is 0.341 e. The number of anilines is 2. The van der Waals surface area contributed by atoms with Gasteiger partial charge in [0.15, 0.2) is 0 Å². The van der Waals surface area contributed by atoms with Gasteiger partial charge in [0.05, 0.1) is 18.5 Å². The van der Waals surface area contributed by atoms with Gasteiger partial charge in [-0.3, -0.25) is 0 Å². The first-order chi connectivity index (χ1) is 8.74. The van der Waals surface area contributed by atoms with E-state index in [1.165, 1.54) is 0 Å². The summed E-state index contributed by atoms with van der Waals surface area (Å²) >= 11 is 0. The molecule has 0 aliphatic heterocycles. The lowest BCUT2D eigenvalue weighted by Gasteiger charge is -2.28. The molecule has 0 aliphatic carbocycles. The van der Waals surface area contributed by atoms with Crippen molar-refractivity contribution in [2.45, 2.75) is 27.7 Å². The largest absolute Gasteiger partial charge is 0.462 e. The Balaban J connectivity index is 3.09. The van der Waals surface area contributed by atoms with Crippen LogP contribution in [0.2, 0.25) is 0 Å². The second kappa shape index (κ2) is 5.91. The van der Waals surface area contributed by atoms with E-state index in [-0.39, 0.29) is 5.41 Å². The zero-order valence-corrected chi connectivity index (χ0v) is 12.4. The fraction of sp³-hybridized carbons (Fsp3) is 0.571. The number of carbonyl (C=O) groups excluding carboxylic acids is 1. The molecule has 0 saturated heterocycles. The van der Waals surface area contributed by atoms with E-state index >= 15 is 0 Å². The Kier molecular flexibility index (Phi) is 4.75. The van der Waals surface area contributed by atoms with Gasteiger partial charge < -0.3 is 15.4 Å². The summed E-state index contributed by atoms with van der Waals surface area (Å²) in [5.41, 5.74) is 6.67. The molecule has 2 N–H and O–H groups in total. The van der Waals surface area contributed by atoms with Crippen molar-refractivity contribution >= 4 is 17.5 Å². The number of pyridine rings is 1. The average Bonchev–Trinajstić information content (AvgIpc) is 2.26. The van der Waals surface area contributed by atoms with Crippen molar-refractivity contribution < 1.29 is 9.53 Å². The second-order valence-electron chi connectivity index (χ2n) is 5.78. The maximum Gasteiger partial charge on any atom is 0.341 e. The van der Waals surface area contributed by atoms with Crippen LogP contribution in [0.25, 0.3) is 0 Å². The van der Waals surface area contributed by atoms with Crippen LogP contribution in [0.5, 0.6) is 0 Å². The fourth-order valence-corrected chi connectivity index (χ4v) is 1.92. The van der Waals surface area contributed by atoms with E-state index in [4.69, 9.17) is 10.5 Å². The minimum Gasteiger partial charge on any atom is -0.462 e. The number of nitrogen functional groups attached to an aromatic ring is 1. The standard InChI is InChI=1S/C14H23N3O2/c1-6-19-13(18)11-7-10(15)8-16-12(11)17(5)9-14(2,3)4/h7-8H,6,9,15H2,1-5H3. The normalized spacial score (nSPS) is 11.2. The highest BCUT2D eigenvalue weighted by Crippen LogP contribution is 2.23. The number of hydrogen-bond acceptors (Lipinski definition) is 5. The van der Waals surface area contributed by atoms with Crippen molar-refractivity contribution in [1.82, 2.24) is 4.98 Å². The molecule has 0 unspecified atom stereocenters. The lowest BCUT2D eigenvalue weighted by molar-refractivity contribution is 0.0526. The summed E-state index contributed by atoms with van der Waals surface area (Å²) < 4.78 is 5.04. The molecular weight excluding hydrogens is 242 g/mol. The van der Waals surface area contributed by atoms with E-state index in [9.17, 15) is 4.79 Å². The van der Waals surface area contributed by atoms with Gasteiger partial charge in [0.1, 0.15) is 11.4 Å². The van der Waals surface area contributed by atoms with E-state index < -0.39 is 5.97 Å². The van der Waals surface area contributed by atoms with Crippen molar-refractivity contribution in [2.75, 3.05) is 30.8 Å². The van der Waals surface area contributed by atoms with E-state index in [1.807, 2.05) is 11.9 Å². The van der Waals surface area contributed by atoms with Gasteiger partial charge >= 0.3 is 5.97 Å². The van der Waals surface area contributed by atoms with Crippen LogP contribution in [-0.2, 0) is 4.74 Å². The van der Waals surface area contributed by atoms with Gasteiger partial charge in [-0.05, 0) is 18.4 Å². The molecule has 106 valence electrons. The highest BCUT2D eigenvalue weighted by atomic mass is 16.5. The predicted octanol–water partition coefficient (Wildman–Crippen LogP) is 2.32. The minimum absolute atomic E-state index is 0.101. The molecule has 0 bridgehead atoms. The number of esters is 1. The summed E-state index contributed by atoms with van der Waals surface area (Å²) in [6, 6.07) is 1.61. The van der Waals surface area contributed by atoms with Crippen LogP contribution in [0.4, 0.5) is 11.5 Å². The van der Waals surface area contributed by atoms with Gasteiger partial charge in [-0.25, -0.2) is 9.78 Å². The van der Waals surface area contributed by atoms with Gasteiger partial charge in [-0.15, -0.1) is 0 Å². The van der Waals surface area contributed by atoms with Crippen molar-refractivity contribution in [3.8, 4) is 0 Å². The lowest BCUT2D eigenvalue weighted by Crippen LogP contribution is -2.31. The van der Waals surface area contributed by atoms with E-state index in [1.54, 1.807) is 19.2 Å². The fourth-order valence-electron chi connectivity index (χ4n) is 1.92. The summed E-state index contributed by atoms with van der Waals surface area (Å²) in [6.45, 7) is 9.27. The van der Waals surface area contributed by atoms with E-state index in [0.29, 0.717) is 23.7 Å². The summed E-state index contributed by atoms with van der Waals surface area (Å²) in [7, 11) is 1.91. The Hall–Kier alpha value is -1.78. The molecule has 0 fully saturated rings. The summed E-state index contributed by atoms with van der Waals surface area (Å²) in [6.07, 6.45) is 1.55. The van der Waals surface area contributed by atoms with Crippen LogP contribution < -0.4 is 10.6 Å². The molecule has 0 aliphatic rings. The maximum atomic E-state index is 11.9. The minimum atomic E-state index is -0.391. The summed E-state index contributed by atoms with van der Waals surface area (Å²) in [5, 5.41) is 0. The number of ether oxygens (including phenoxy) is 1. The van der Waals surface area contributed by atoms with Crippen LogP contribution in [0.3, 0.4) is 0 Å². The molecule has 0 amide bonds. The van der Waals surface area contributed by atoms with Gasteiger partial charge in [0.2, 0.25) is 0 Å². The van der Waals surface area contributed by atoms with Crippen LogP contribution >= 0.6 is 0 Å². The van der Waals surface area contributed by atoms with Gasteiger partial charge in [-0.2, -0.15) is 0 Å². The van der Waals surface area contributed by atoms with Crippen LogP contribution in [0.1, 0.15) is 38.1 Å². The molecule has 1 heterocycles. The van der Waals surface area contributed by atoms with Gasteiger partial charge in [-0.1, -0.05) is 20.8 Å². The Bertz CT molecular complexity index is 452. The third-order valence-corrected chi connectivity index (χ3v) is 2.46. The molecule has 1 rings (SSSR count). The van der Waals surface area contributed by atoms with Gasteiger partial charge in [0, 0.05) is 13.6 Å². The zero-order chi connectivity index (χ0) is 14.6. The first-order valence-electron chi connectivity index (χ1n) is 6.38. The van der Waals surface area contributed by atoms with Crippen molar-refractivity contribution in [3.63, 3.8) is 0 Å². The third kappa shape index (κ3) is 4.43. The molecule has 0 radical (unpaired) electrons. The topological polar surface area (TPSA) is 68.5 Å². The summed E-state index contributed by atoms with van der Waals surface area (Å²) in [5.74, 6) is 0.209. The summed E-state index contributed by atoms with van der Waals surface area (Å²) in [4.78, 5) is 18.2. The van der Waals surface area contributed by atoms with Gasteiger partial charge in [0.25, 0.3) is 0 Å². The average molecular weight is 265 g/mol. The monoisotopic (exact) mass is 265 g/mol. The quantitative estimate of drug-likeness (QED) is 0.846. The van der Waals surface area contributed by atoms with Crippen LogP contribution in [0.15, 0.2) is 12.3 Å². The molecule has 0 spiro atoms. The molecule has 0 saturated carbocycles. The van der Waals surface area contributed by atoms with E-state index in [2.05, 4.69) is 25.8 Å². The molecule has 0 atom stereocenters. The predicted molar refractivity (Wildman–Crippen MR) is 77.3 cm³/mol. The number of nitrogens with zero attached hydrogens (tertiary/aromatic N) is 2. The van der Waals surface area contributed by atoms with Crippen molar-refractivity contribution in [2.24, 2.45) is 5.41 Å². The van der Waals surface area contributed by atoms with E-state index in [0.717, 1.165) is 6.54 Å². The molecule has 19 heavy (non-hydrogen) atoms. The van der Waals surface area contributed by atoms with Crippen molar-refractivity contribution in [1.29, 1.82) is 0 Å². The molecule has 0 aromatic carbocycles. The van der Waals surface area contributed by atoms with Crippen LogP contribution in [-0.4, -0.2) is 31.2 Å². The number of carbonyl (C=O) groups is 1. The Morgan fingerprint density at radius 1 is 1.47 bits per heavy atom. The molecule has 1 aromatic rings. The first-order valence-corrected chi connectivity index (χ1v) is 6.38. The highest BCUT2D eigenvalue weighted by molar-refractivity contribution is 5.95. The number of nitrogens with two attached hydrogens (primary N) is 1. The zero-order valence-electron chi connectivity index (χ0n) is 12.4. The molecule has 1 aromatic heterocycles. The third-order valence-electron chi connectivity index (χ3n) is 2.46. The SMILES string of the molecule is CCOC(=O)c1cc(N)cnc1N(C)CC(C)(C)C. The number of hydrogen-bond donors (Lipinski definition) is 1. The Morgan fingerprint density at radius 2 is 2.11 bits per heavy atom. The molecule has 5 heteroatoms. The Labute approximate surface area is 114 Å².